The van der Waals surface area contributed by atoms with E-state index in [0.29, 0.717) is 16.5 Å². The molecule has 0 radical (unpaired) electrons. The van der Waals surface area contributed by atoms with Crippen molar-refractivity contribution in [2.75, 3.05) is 19.6 Å². The van der Waals surface area contributed by atoms with Crippen LogP contribution in [-0.2, 0) is 60.8 Å². The molecule has 0 aliphatic carbocycles. The second-order valence-electron chi connectivity index (χ2n) is 18.5. The number of amides is 9. The van der Waals surface area contributed by atoms with Gasteiger partial charge in [-0.3, -0.25) is 58.8 Å². The summed E-state index contributed by atoms with van der Waals surface area (Å²) in [6, 6.07) is 4.71. The lowest BCUT2D eigenvalue weighted by Gasteiger charge is -2.28. The largest absolute Gasteiger partial charge is 0.481 e. The van der Waals surface area contributed by atoms with Crippen molar-refractivity contribution in [1.29, 1.82) is 16.1 Å². The van der Waals surface area contributed by atoms with Gasteiger partial charge in [0.2, 0.25) is 53.2 Å². The summed E-state index contributed by atoms with van der Waals surface area (Å²) in [5, 5.41) is 60.8. The Balaban J connectivity index is 1.80. The quantitative estimate of drug-likeness (QED) is 0.0319. The van der Waals surface area contributed by atoms with Crippen LogP contribution in [0.3, 0.4) is 0 Å². The van der Waals surface area contributed by atoms with Gasteiger partial charge in [0.15, 0.2) is 11.9 Å². The average molecular weight is 1080 g/mol. The van der Waals surface area contributed by atoms with Crippen LogP contribution in [0.1, 0.15) is 87.8 Å². The summed E-state index contributed by atoms with van der Waals surface area (Å²) < 4.78 is 0. The van der Waals surface area contributed by atoms with Crippen LogP contribution < -0.4 is 70.4 Å². The molecule has 420 valence electrons. The van der Waals surface area contributed by atoms with Crippen LogP contribution in [0.25, 0.3) is 10.9 Å². The molecule has 2 aromatic carbocycles. The van der Waals surface area contributed by atoms with E-state index in [1.54, 1.807) is 30.5 Å². The van der Waals surface area contributed by atoms with Gasteiger partial charge in [-0.2, -0.15) is 5.26 Å². The Morgan fingerprint density at radius 3 is 1.97 bits per heavy atom. The zero-order chi connectivity index (χ0) is 57.3. The minimum Gasteiger partial charge on any atom is -0.481 e. The lowest BCUT2D eigenvalue weighted by Crippen LogP contribution is -2.60. The van der Waals surface area contributed by atoms with Crippen LogP contribution in [0, 0.1) is 22.1 Å². The number of carbonyl (C=O) groups excluding carboxylic acids is 9. The molecule has 0 spiro atoms. The van der Waals surface area contributed by atoms with E-state index in [2.05, 4.69) is 58.2 Å². The molecule has 4 rings (SSSR count). The first-order valence-corrected chi connectivity index (χ1v) is 25.2. The average Bonchev–Trinajstić information content (AvgIpc) is 3.81. The molecule has 2 unspecified atom stereocenters. The summed E-state index contributed by atoms with van der Waals surface area (Å²) in [4.78, 5) is 140. The monoisotopic (exact) mass is 1080 g/mol. The molecule has 28 heteroatoms. The van der Waals surface area contributed by atoms with Gasteiger partial charge in [-0.1, -0.05) is 30.3 Å². The Bertz CT molecular complexity index is 2710. The Hall–Kier alpha value is -9.29. The summed E-state index contributed by atoms with van der Waals surface area (Å²) in [6.45, 7) is 1.28. The van der Waals surface area contributed by atoms with Gasteiger partial charge >= 0.3 is 5.97 Å². The minimum absolute atomic E-state index is 0.0117. The van der Waals surface area contributed by atoms with Crippen LogP contribution >= 0.6 is 0 Å². The molecule has 1 fully saturated rings. The molecule has 1 aliphatic heterocycles. The van der Waals surface area contributed by atoms with Gasteiger partial charge in [-0.15, -0.1) is 0 Å². The Morgan fingerprint density at radius 2 is 1.35 bits per heavy atom. The number of benzene rings is 2. The molecule has 78 heavy (non-hydrogen) atoms. The molecule has 1 aliphatic rings. The van der Waals surface area contributed by atoms with Gasteiger partial charge in [0, 0.05) is 69.3 Å². The third-order valence-corrected chi connectivity index (χ3v) is 12.4. The first kappa shape index (κ1) is 61.3. The van der Waals surface area contributed by atoms with E-state index < -0.39 is 127 Å². The van der Waals surface area contributed by atoms with Gasteiger partial charge in [-0.05, 0) is 80.7 Å². The van der Waals surface area contributed by atoms with E-state index >= 15 is 0 Å². The van der Waals surface area contributed by atoms with E-state index in [4.69, 9.17) is 28.0 Å². The second-order valence-corrected chi connectivity index (χ2v) is 18.5. The molecule has 9 amide bonds. The highest BCUT2D eigenvalue weighted by Crippen LogP contribution is 2.20. The number of fused-ring (bicyclic) bond motifs is 1. The summed E-state index contributed by atoms with van der Waals surface area (Å²) in [5.74, 6) is -9.99. The number of hydrogen-bond donors (Lipinski definition) is 17. The SMILES string of the molecule is CC(=O)N[C@@H](CCCNC(=N)N)C(=O)NC1CCC(=O)NCCCC(C(N)=O)NC(=O)[C@H](Cc2c[nH]c3ccccc23)NC(=O)[C@H](CCCNC(=N)N)NC(=O)[C@@H](Cc2ccc(C#N)cc2)NC(=O)[C@H](CCC(=O)O)NC1=O. The maximum Gasteiger partial charge on any atom is 0.303 e. The maximum absolute atomic E-state index is 14.7. The lowest BCUT2D eigenvalue weighted by molar-refractivity contribution is -0.139. The van der Waals surface area contributed by atoms with E-state index in [9.17, 15) is 58.3 Å². The van der Waals surface area contributed by atoms with Gasteiger partial charge in [0.25, 0.3) is 0 Å². The Kier molecular flexibility index (Phi) is 24.3. The third-order valence-electron chi connectivity index (χ3n) is 12.4. The maximum atomic E-state index is 14.7. The van der Waals surface area contributed by atoms with Crippen LogP contribution in [0.15, 0.2) is 54.7 Å². The molecular weight excluding hydrogens is 1010 g/mol. The highest BCUT2D eigenvalue weighted by molar-refractivity contribution is 5.98. The number of rotatable bonds is 19. The molecule has 20 N–H and O–H groups in total. The number of H-pyrrole nitrogens is 1. The first-order chi connectivity index (χ1) is 37.1. The molecule has 28 nitrogen and oxygen atoms in total. The van der Waals surface area contributed by atoms with Crippen molar-refractivity contribution in [3.05, 3.63) is 71.4 Å². The fraction of sp³-hybridized carbons (Fsp3) is 0.460. The smallest absolute Gasteiger partial charge is 0.303 e. The van der Waals surface area contributed by atoms with Crippen LogP contribution in [0.5, 0.6) is 0 Å². The lowest BCUT2D eigenvalue weighted by atomic mass is 10.0. The zero-order valence-corrected chi connectivity index (χ0v) is 43.1. The van der Waals surface area contributed by atoms with Crippen LogP contribution in [0.4, 0.5) is 0 Å². The van der Waals surface area contributed by atoms with Crippen LogP contribution in [-0.4, -0.2) is 143 Å². The van der Waals surface area contributed by atoms with Gasteiger partial charge in [0.1, 0.15) is 42.3 Å². The first-order valence-electron chi connectivity index (χ1n) is 25.2. The molecule has 3 aromatic rings. The predicted octanol–water partition coefficient (Wildman–Crippen LogP) is -3.19. The molecule has 1 aromatic heterocycles. The fourth-order valence-corrected chi connectivity index (χ4v) is 8.35. The topological polar surface area (TPSA) is 477 Å². The summed E-state index contributed by atoms with van der Waals surface area (Å²) in [7, 11) is 0. The Morgan fingerprint density at radius 1 is 0.756 bits per heavy atom. The number of para-hydroxylation sites is 1. The fourth-order valence-electron chi connectivity index (χ4n) is 8.35. The van der Waals surface area contributed by atoms with Crippen molar-refractivity contribution in [2.24, 2.45) is 17.2 Å². The third kappa shape index (κ3) is 20.8. The van der Waals surface area contributed by atoms with E-state index in [0.717, 1.165) is 12.4 Å². The molecule has 0 saturated carbocycles. The Labute approximate surface area is 448 Å². The van der Waals surface area contributed by atoms with Crippen molar-refractivity contribution in [3.8, 4) is 6.07 Å². The van der Waals surface area contributed by atoms with Crippen molar-refractivity contribution in [1.82, 2.24) is 58.2 Å². The van der Waals surface area contributed by atoms with Gasteiger partial charge in [0.05, 0.1) is 11.6 Å². The molecule has 1 saturated heterocycles. The van der Waals surface area contributed by atoms with Gasteiger partial charge < -0.3 is 80.5 Å². The molecule has 2 heterocycles. The zero-order valence-electron chi connectivity index (χ0n) is 43.1. The number of nitriles is 1. The number of nitrogens with one attached hydrogen (secondary N) is 13. The van der Waals surface area contributed by atoms with Crippen LogP contribution in [0.2, 0.25) is 0 Å². The van der Waals surface area contributed by atoms with E-state index in [1.807, 2.05) is 6.07 Å². The number of nitrogens with zero attached hydrogens (tertiary/aromatic N) is 1. The number of aromatic nitrogens is 1. The second kappa shape index (κ2) is 30.9. The number of aromatic amines is 1. The van der Waals surface area contributed by atoms with Crippen molar-refractivity contribution < 1.29 is 53.1 Å². The highest BCUT2D eigenvalue weighted by Gasteiger charge is 2.35. The standard InChI is InChI=1S/C50H69N17O11/c1-27(68)61-34(10-5-21-58-49(53)54)43(73)64-36-16-18-40(69)57-20-4-9-33(42(52)72)62-48(78)39(24-30-26-60-32-8-3-2-7-31(30)32)67-44(74)35(11-6-22-59-50(55)56)63-47(77)38(23-28-12-14-29(25-51)15-13-28)66-46(76)37(65-45(36)75)17-19-41(70)71/h2-3,7-8,12-15,26,33-39,60H,4-6,9-11,16-24H2,1H3,(H2,52,72)(H,57,69)(H,61,68)(H,62,78)(H,63,77)(H,64,73)(H,65,75)(H,66,76)(H,67,74)(H,70,71)(H4,53,54,58)(H4,55,56,59)/t33?,34-,35-,36?,37-,38+,39-/m0/s1. The number of carbonyl (C=O) groups is 10. The predicted molar refractivity (Wildman–Crippen MR) is 282 cm³/mol. The summed E-state index contributed by atoms with van der Waals surface area (Å²) in [5.41, 5.74) is 18.6. The summed E-state index contributed by atoms with van der Waals surface area (Å²) >= 11 is 0. The number of nitrogens with two attached hydrogens (primary N) is 3. The molecule has 7 atom stereocenters. The number of guanidine groups is 2. The van der Waals surface area contributed by atoms with Crippen molar-refractivity contribution >= 4 is 82.0 Å². The van der Waals surface area contributed by atoms with Crippen molar-refractivity contribution in [2.45, 2.75) is 126 Å². The summed E-state index contributed by atoms with van der Waals surface area (Å²) in [6.07, 6.45) is -0.745. The van der Waals surface area contributed by atoms with E-state index in [1.165, 1.54) is 24.3 Å². The number of carboxylic acids is 1. The molecule has 0 bridgehead atoms. The highest BCUT2D eigenvalue weighted by atomic mass is 16.4. The number of hydrogen-bond acceptors (Lipinski definition) is 13. The van der Waals surface area contributed by atoms with Gasteiger partial charge in [-0.25, -0.2) is 0 Å². The van der Waals surface area contributed by atoms with Crippen molar-refractivity contribution in [3.63, 3.8) is 0 Å². The number of primary amides is 1. The van der Waals surface area contributed by atoms with E-state index in [-0.39, 0.29) is 88.5 Å². The number of aliphatic carboxylic acids is 1. The normalized spacial score (nSPS) is 20.6. The molecular formula is C50H69N17O11. The number of carboxylic acid groups (broad SMARTS) is 1. The minimum atomic E-state index is -1.72.